The van der Waals surface area contributed by atoms with E-state index in [0.717, 1.165) is 19.7 Å². The predicted octanol–water partition coefficient (Wildman–Crippen LogP) is 4.48. The van der Waals surface area contributed by atoms with Crippen LogP contribution in [0.4, 0.5) is 5.69 Å². The molecule has 1 amide bonds. The zero-order chi connectivity index (χ0) is 20.7. The molecular formula is C21H19BrN2O4S. The van der Waals surface area contributed by atoms with Crippen LogP contribution in [-0.4, -0.2) is 25.2 Å². The lowest BCUT2D eigenvalue weighted by molar-refractivity contribution is -0.116. The summed E-state index contributed by atoms with van der Waals surface area (Å²) in [6, 6.07) is 19.5. The van der Waals surface area contributed by atoms with E-state index in [4.69, 9.17) is 4.42 Å². The molecule has 6 nitrogen and oxygen atoms in total. The molecule has 2 aromatic carbocycles. The van der Waals surface area contributed by atoms with Crippen LogP contribution in [0.15, 0.2) is 87.3 Å². The lowest BCUT2D eigenvalue weighted by atomic mass is 10.2. The topological polar surface area (TPSA) is 79.6 Å². The van der Waals surface area contributed by atoms with Crippen molar-refractivity contribution in [1.29, 1.82) is 0 Å². The van der Waals surface area contributed by atoms with E-state index in [9.17, 15) is 13.2 Å². The molecule has 0 unspecified atom stereocenters. The Bertz CT molecular complexity index is 1080. The Labute approximate surface area is 178 Å². The molecule has 3 rings (SSSR count). The number of rotatable bonds is 8. The van der Waals surface area contributed by atoms with E-state index in [1.165, 1.54) is 12.3 Å². The highest BCUT2D eigenvalue weighted by Crippen LogP contribution is 2.17. The zero-order valence-electron chi connectivity index (χ0n) is 15.4. The molecule has 0 atom stereocenters. The molecule has 0 saturated carbocycles. The van der Waals surface area contributed by atoms with Gasteiger partial charge in [0.2, 0.25) is 15.9 Å². The van der Waals surface area contributed by atoms with Crippen LogP contribution in [0.2, 0.25) is 0 Å². The van der Waals surface area contributed by atoms with Crippen LogP contribution in [0.3, 0.4) is 0 Å². The fourth-order valence-corrected chi connectivity index (χ4v) is 4.06. The summed E-state index contributed by atoms with van der Waals surface area (Å²) in [7, 11) is -3.87. The molecule has 0 aliphatic heterocycles. The quantitative estimate of drug-likeness (QED) is 0.521. The van der Waals surface area contributed by atoms with Gasteiger partial charge in [-0.3, -0.25) is 4.79 Å². The summed E-state index contributed by atoms with van der Waals surface area (Å²) >= 11 is 3.34. The molecule has 1 aromatic heterocycles. The molecule has 0 spiro atoms. The summed E-state index contributed by atoms with van der Waals surface area (Å²) < 4.78 is 32.9. The first kappa shape index (κ1) is 21.0. The smallest absolute Gasteiger partial charge is 0.239 e. The van der Waals surface area contributed by atoms with E-state index in [-0.39, 0.29) is 13.1 Å². The summed E-state index contributed by atoms with van der Waals surface area (Å²) in [5.74, 6) is -0.0108. The maximum atomic E-state index is 12.9. The predicted molar refractivity (Wildman–Crippen MR) is 116 cm³/mol. The normalized spacial score (nSPS) is 11.8. The number of nitrogens with zero attached hydrogens (tertiary/aromatic N) is 1. The summed E-state index contributed by atoms with van der Waals surface area (Å²) in [5, 5.41) is 3.80. The van der Waals surface area contributed by atoms with Gasteiger partial charge in [0.25, 0.3) is 0 Å². The molecule has 0 bridgehead atoms. The average Bonchev–Trinajstić information content (AvgIpc) is 3.20. The van der Waals surface area contributed by atoms with Crippen molar-refractivity contribution in [2.24, 2.45) is 0 Å². The Morgan fingerprint density at radius 2 is 1.86 bits per heavy atom. The van der Waals surface area contributed by atoms with Crippen molar-refractivity contribution < 1.29 is 17.6 Å². The third-order valence-electron chi connectivity index (χ3n) is 3.93. The number of benzene rings is 2. The number of carbonyl (C=O) groups excluding carboxylic acids is 1. The lowest BCUT2D eigenvalue weighted by Gasteiger charge is -2.19. The van der Waals surface area contributed by atoms with Gasteiger partial charge in [0.05, 0.1) is 19.4 Å². The molecule has 0 aliphatic rings. The van der Waals surface area contributed by atoms with E-state index in [0.29, 0.717) is 11.4 Å². The minimum Gasteiger partial charge on any atom is -0.468 e. The number of hydrogen-bond donors (Lipinski definition) is 1. The van der Waals surface area contributed by atoms with Crippen molar-refractivity contribution in [2.45, 2.75) is 6.54 Å². The summed E-state index contributed by atoms with van der Waals surface area (Å²) in [6.07, 6.45) is 2.96. The Morgan fingerprint density at radius 1 is 1.07 bits per heavy atom. The molecule has 0 saturated heterocycles. The van der Waals surface area contributed by atoms with E-state index in [1.807, 2.05) is 24.3 Å². The van der Waals surface area contributed by atoms with Crippen molar-refractivity contribution >= 4 is 43.6 Å². The SMILES string of the molecule is O=C(CN(Cc1ccco1)S(=O)(=O)/C=C/c1ccccc1)Nc1cccc(Br)c1. The van der Waals surface area contributed by atoms with Gasteiger partial charge in [0, 0.05) is 15.6 Å². The maximum Gasteiger partial charge on any atom is 0.239 e. The third kappa shape index (κ3) is 6.42. The van der Waals surface area contributed by atoms with Crippen LogP contribution >= 0.6 is 15.9 Å². The Morgan fingerprint density at radius 3 is 2.55 bits per heavy atom. The second kappa shape index (κ2) is 9.69. The number of nitrogens with one attached hydrogen (secondary N) is 1. The molecule has 0 radical (unpaired) electrons. The number of furan rings is 1. The lowest BCUT2D eigenvalue weighted by Crippen LogP contribution is -2.36. The van der Waals surface area contributed by atoms with Gasteiger partial charge < -0.3 is 9.73 Å². The van der Waals surface area contributed by atoms with E-state index >= 15 is 0 Å². The van der Waals surface area contributed by atoms with Crippen molar-refractivity contribution in [3.8, 4) is 0 Å². The second-order valence-electron chi connectivity index (χ2n) is 6.16. The Hall–Kier alpha value is -2.68. The number of amides is 1. The number of sulfonamides is 1. The van der Waals surface area contributed by atoms with Gasteiger partial charge in [-0.25, -0.2) is 8.42 Å². The first-order chi connectivity index (χ1) is 13.9. The fourth-order valence-electron chi connectivity index (χ4n) is 2.55. The van der Waals surface area contributed by atoms with Crippen LogP contribution in [-0.2, 0) is 21.4 Å². The molecule has 29 heavy (non-hydrogen) atoms. The molecule has 150 valence electrons. The van der Waals surface area contributed by atoms with Gasteiger partial charge in [-0.1, -0.05) is 52.3 Å². The first-order valence-corrected chi connectivity index (χ1v) is 11.0. The highest BCUT2D eigenvalue weighted by atomic mass is 79.9. The fraction of sp³-hybridized carbons (Fsp3) is 0.0952. The molecule has 8 heteroatoms. The van der Waals surface area contributed by atoms with Gasteiger partial charge in [0.15, 0.2) is 0 Å². The summed E-state index contributed by atoms with van der Waals surface area (Å²) in [5.41, 5.74) is 1.31. The monoisotopic (exact) mass is 474 g/mol. The molecule has 3 aromatic rings. The number of anilines is 1. The molecule has 1 N–H and O–H groups in total. The van der Waals surface area contributed by atoms with E-state index < -0.39 is 15.9 Å². The third-order valence-corrected chi connectivity index (χ3v) is 5.88. The maximum absolute atomic E-state index is 12.9. The molecule has 0 aliphatic carbocycles. The van der Waals surface area contributed by atoms with Gasteiger partial charge in [0.1, 0.15) is 5.76 Å². The second-order valence-corrected chi connectivity index (χ2v) is 8.90. The van der Waals surface area contributed by atoms with Crippen LogP contribution in [0.5, 0.6) is 0 Å². The minimum atomic E-state index is -3.87. The van der Waals surface area contributed by atoms with Crippen molar-refractivity contribution in [2.75, 3.05) is 11.9 Å². The molecule has 1 heterocycles. The zero-order valence-corrected chi connectivity index (χ0v) is 17.8. The number of halogens is 1. The van der Waals surface area contributed by atoms with Gasteiger partial charge >= 0.3 is 0 Å². The van der Waals surface area contributed by atoms with Crippen LogP contribution < -0.4 is 5.32 Å². The van der Waals surface area contributed by atoms with Crippen LogP contribution in [0.1, 0.15) is 11.3 Å². The van der Waals surface area contributed by atoms with Crippen molar-refractivity contribution in [3.63, 3.8) is 0 Å². The molecular weight excluding hydrogens is 456 g/mol. The van der Waals surface area contributed by atoms with Crippen molar-refractivity contribution in [1.82, 2.24) is 4.31 Å². The van der Waals surface area contributed by atoms with Crippen LogP contribution in [0.25, 0.3) is 6.08 Å². The summed E-state index contributed by atoms with van der Waals surface area (Å²) in [6.45, 7) is -0.408. The van der Waals surface area contributed by atoms with E-state index in [2.05, 4.69) is 21.2 Å². The van der Waals surface area contributed by atoms with Crippen molar-refractivity contribution in [3.05, 3.63) is 94.2 Å². The first-order valence-electron chi connectivity index (χ1n) is 8.73. The average molecular weight is 475 g/mol. The van der Waals surface area contributed by atoms with Gasteiger partial charge in [-0.05, 0) is 42.0 Å². The van der Waals surface area contributed by atoms with Gasteiger partial charge in [-0.15, -0.1) is 0 Å². The van der Waals surface area contributed by atoms with Gasteiger partial charge in [-0.2, -0.15) is 4.31 Å². The Kier molecular flexibility index (Phi) is 7.03. The van der Waals surface area contributed by atoms with Crippen LogP contribution in [0, 0.1) is 0 Å². The number of hydrogen-bond acceptors (Lipinski definition) is 4. The van der Waals surface area contributed by atoms with E-state index in [1.54, 1.807) is 42.5 Å². The standard InChI is InChI=1S/C21H19BrN2O4S/c22-18-8-4-9-19(14-18)23-21(25)16-24(15-20-10-5-12-28-20)29(26,27)13-11-17-6-2-1-3-7-17/h1-14H,15-16H2,(H,23,25)/b13-11+. The highest BCUT2D eigenvalue weighted by molar-refractivity contribution is 9.10. The number of carbonyl (C=O) groups is 1. The highest BCUT2D eigenvalue weighted by Gasteiger charge is 2.24. The Balaban J connectivity index is 1.78. The summed E-state index contributed by atoms with van der Waals surface area (Å²) in [4.78, 5) is 12.5. The molecule has 0 fully saturated rings. The minimum absolute atomic E-state index is 0.0552. The largest absolute Gasteiger partial charge is 0.468 e.